The third kappa shape index (κ3) is 3.37. The van der Waals surface area contributed by atoms with Crippen molar-refractivity contribution in [2.45, 2.75) is 23.0 Å². The molecule has 0 unspecified atom stereocenters. The fraction of sp³-hybridized carbons (Fsp3) is 0.417. The predicted molar refractivity (Wildman–Crippen MR) is 68.1 cm³/mol. The van der Waals surface area contributed by atoms with Crippen LogP contribution < -0.4 is 0 Å². The van der Waals surface area contributed by atoms with Gasteiger partial charge in [0.05, 0.1) is 10.6 Å². The summed E-state index contributed by atoms with van der Waals surface area (Å²) in [7, 11) is 0. The molecule has 3 nitrogen and oxygen atoms in total. The van der Waals surface area contributed by atoms with Crippen LogP contribution in [0.5, 0.6) is 0 Å². The molecule has 0 aromatic heterocycles. The maximum atomic E-state index is 10.8. The molecule has 1 aliphatic rings. The largest absolute Gasteiger partial charge is 0.478 e. The number of carbonyl (C=O) groups is 1. The Morgan fingerprint density at radius 1 is 1.41 bits per heavy atom. The molecule has 1 aromatic carbocycles. The molecule has 1 fully saturated rings. The van der Waals surface area contributed by atoms with Crippen molar-refractivity contribution >= 4 is 29.3 Å². The van der Waals surface area contributed by atoms with Gasteiger partial charge in [-0.25, -0.2) is 4.79 Å². The van der Waals surface area contributed by atoms with E-state index in [0.29, 0.717) is 10.3 Å². The molecule has 17 heavy (non-hydrogen) atoms. The van der Waals surface area contributed by atoms with Gasteiger partial charge in [0.15, 0.2) is 0 Å². The van der Waals surface area contributed by atoms with Gasteiger partial charge in [-0.2, -0.15) is 0 Å². The van der Waals surface area contributed by atoms with Gasteiger partial charge in [0.25, 0.3) is 0 Å². The number of rotatable bonds is 3. The van der Waals surface area contributed by atoms with Gasteiger partial charge >= 0.3 is 5.97 Å². The molecule has 1 N–H and O–H groups in total. The molecule has 0 bridgehead atoms. The van der Waals surface area contributed by atoms with Crippen molar-refractivity contribution < 1.29 is 14.6 Å². The molecule has 0 atom stereocenters. The Kier molecular flexibility index (Phi) is 4.31. The fourth-order valence-electron chi connectivity index (χ4n) is 1.73. The van der Waals surface area contributed by atoms with E-state index in [1.54, 1.807) is 23.9 Å². The second kappa shape index (κ2) is 5.76. The number of aromatic carboxylic acids is 1. The Hall–Kier alpha value is -0.710. The van der Waals surface area contributed by atoms with Crippen LogP contribution in [0.15, 0.2) is 23.1 Å². The molecule has 1 heterocycles. The van der Waals surface area contributed by atoms with E-state index in [0.717, 1.165) is 31.0 Å². The van der Waals surface area contributed by atoms with E-state index in [2.05, 4.69) is 0 Å². The summed E-state index contributed by atoms with van der Waals surface area (Å²) in [5.41, 5.74) is 0.156. The summed E-state index contributed by atoms with van der Waals surface area (Å²) in [6.07, 6.45) is 2.06. The van der Waals surface area contributed by atoms with Crippen molar-refractivity contribution in [1.29, 1.82) is 0 Å². The van der Waals surface area contributed by atoms with Gasteiger partial charge in [0.2, 0.25) is 0 Å². The number of carboxylic acid groups (broad SMARTS) is 1. The number of carboxylic acids is 1. The van der Waals surface area contributed by atoms with Crippen molar-refractivity contribution in [2.24, 2.45) is 0 Å². The Labute approximate surface area is 109 Å². The average Bonchev–Trinajstić information content (AvgIpc) is 2.30. The lowest BCUT2D eigenvalue weighted by molar-refractivity contribution is 0.0697. The molecule has 0 aliphatic carbocycles. The summed E-state index contributed by atoms with van der Waals surface area (Å²) in [5.74, 6) is -0.988. The zero-order valence-corrected chi connectivity index (χ0v) is 10.8. The van der Waals surface area contributed by atoms with E-state index < -0.39 is 5.97 Å². The van der Waals surface area contributed by atoms with Crippen molar-refractivity contribution in [2.75, 3.05) is 13.2 Å². The number of ether oxygens (including phenoxy) is 1. The summed E-state index contributed by atoms with van der Waals surface area (Å²) in [6, 6.07) is 5.10. The highest BCUT2D eigenvalue weighted by Gasteiger charge is 2.16. The molecule has 0 spiro atoms. The lowest BCUT2D eigenvalue weighted by Gasteiger charge is -2.21. The van der Waals surface area contributed by atoms with Crippen LogP contribution in [0.4, 0.5) is 0 Å². The third-order valence-electron chi connectivity index (χ3n) is 2.64. The highest BCUT2D eigenvalue weighted by Crippen LogP contribution is 2.32. The van der Waals surface area contributed by atoms with Crippen molar-refractivity contribution in [3.05, 3.63) is 28.8 Å². The van der Waals surface area contributed by atoms with Gasteiger partial charge in [0.1, 0.15) is 0 Å². The van der Waals surface area contributed by atoms with Gasteiger partial charge in [-0.15, -0.1) is 11.8 Å². The van der Waals surface area contributed by atoms with E-state index >= 15 is 0 Å². The topological polar surface area (TPSA) is 46.5 Å². The number of hydrogen-bond donors (Lipinski definition) is 1. The first-order valence-electron chi connectivity index (χ1n) is 5.44. The molecular formula is C12H13ClO3S. The predicted octanol–water partition coefficient (Wildman–Crippen LogP) is 3.31. The standard InChI is InChI=1S/C12H13ClO3S/c13-11-7-9(1-2-10(11)12(14)15)17-8-3-5-16-6-4-8/h1-2,7-8H,3-6H2,(H,14,15). The number of benzene rings is 1. The normalized spacial score (nSPS) is 17.0. The van der Waals surface area contributed by atoms with Crippen LogP contribution in [0.2, 0.25) is 5.02 Å². The minimum Gasteiger partial charge on any atom is -0.478 e. The number of hydrogen-bond acceptors (Lipinski definition) is 3. The first-order valence-corrected chi connectivity index (χ1v) is 6.70. The maximum Gasteiger partial charge on any atom is 0.337 e. The molecule has 1 aliphatic heterocycles. The molecular weight excluding hydrogens is 260 g/mol. The first-order chi connectivity index (χ1) is 8.16. The Bertz CT molecular complexity index is 416. The van der Waals surface area contributed by atoms with Crippen molar-refractivity contribution in [3.8, 4) is 0 Å². The van der Waals surface area contributed by atoms with Gasteiger partial charge in [-0.05, 0) is 31.0 Å². The van der Waals surface area contributed by atoms with Crippen LogP contribution in [-0.4, -0.2) is 29.5 Å². The van der Waals surface area contributed by atoms with Gasteiger partial charge in [-0.3, -0.25) is 0 Å². The zero-order valence-electron chi connectivity index (χ0n) is 9.19. The minimum absolute atomic E-state index is 0.156. The Morgan fingerprint density at radius 3 is 2.71 bits per heavy atom. The van der Waals surface area contributed by atoms with Crippen molar-refractivity contribution in [3.63, 3.8) is 0 Å². The Balaban J connectivity index is 2.06. The summed E-state index contributed by atoms with van der Waals surface area (Å²) in [5, 5.41) is 9.71. The van der Waals surface area contributed by atoms with Gasteiger partial charge in [0, 0.05) is 23.4 Å². The molecule has 0 amide bonds. The van der Waals surface area contributed by atoms with Crippen LogP contribution in [0.1, 0.15) is 23.2 Å². The summed E-state index contributed by atoms with van der Waals surface area (Å²) in [4.78, 5) is 11.8. The zero-order chi connectivity index (χ0) is 12.3. The second-order valence-electron chi connectivity index (χ2n) is 3.88. The third-order valence-corrected chi connectivity index (χ3v) is 4.29. The molecule has 92 valence electrons. The quantitative estimate of drug-likeness (QED) is 0.917. The molecule has 1 saturated heterocycles. The highest BCUT2D eigenvalue weighted by atomic mass is 35.5. The van der Waals surface area contributed by atoms with E-state index in [1.165, 1.54) is 0 Å². The fourth-order valence-corrected chi connectivity index (χ4v) is 3.20. The first kappa shape index (κ1) is 12.7. The monoisotopic (exact) mass is 272 g/mol. The second-order valence-corrected chi connectivity index (χ2v) is 5.66. The molecule has 5 heteroatoms. The van der Waals surface area contributed by atoms with Crippen LogP contribution >= 0.6 is 23.4 Å². The summed E-state index contributed by atoms with van der Waals surface area (Å²) >= 11 is 7.66. The van der Waals surface area contributed by atoms with Crippen LogP contribution in [0, 0.1) is 0 Å². The lowest BCUT2D eigenvalue weighted by Crippen LogP contribution is -2.17. The molecule has 0 saturated carbocycles. The minimum atomic E-state index is -0.988. The molecule has 1 aromatic rings. The van der Waals surface area contributed by atoms with Crippen LogP contribution in [0.25, 0.3) is 0 Å². The van der Waals surface area contributed by atoms with Crippen molar-refractivity contribution in [1.82, 2.24) is 0 Å². The van der Waals surface area contributed by atoms with Crippen LogP contribution in [0.3, 0.4) is 0 Å². The van der Waals surface area contributed by atoms with E-state index in [9.17, 15) is 4.79 Å². The number of halogens is 1. The number of thioether (sulfide) groups is 1. The molecule has 0 radical (unpaired) electrons. The maximum absolute atomic E-state index is 10.8. The van der Waals surface area contributed by atoms with E-state index in [1.807, 2.05) is 6.07 Å². The van der Waals surface area contributed by atoms with E-state index in [4.69, 9.17) is 21.4 Å². The highest BCUT2D eigenvalue weighted by molar-refractivity contribution is 8.00. The molecule has 2 rings (SSSR count). The van der Waals surface area contributed by atoms with Gasteiger partial charge < -0.3 is 9.84 Å². The SMILES string of the molecule is O=C(O)c1ccc(SC2CCOCC2)cc1Cl. The lowest BCUT2D eigenvalue weighted by atomic mass is 10.2. The Morgan fingerprint density at radius 2 is 2.12 bits per heavy atom. The average molecular weight is 273 g/mol. The summed E-state index contributed by atoms with van der Waals surface area (Å²) < 4.78 is 5.29. The summed E-state index contributed by atoms with van der Waals surface area (Å²) in [6.45, 7) is 1.61. The van der Waals surface area contributed by atoms with E-state index in [-0.39, 0.29) is 5.56 Å². The smallest absolute Gasteiger partial charge is 0.337 e. The van der Waals surface area contributed by atoms with Crippen LogP contribution in [-0.2, 0) is 4.74 Å². The van der Waals surface area contributed by atoms with Gasteiger partial charge in [-0.1, -0.05) is 11.6 Å².